The van der Waals surface area contributed by atoms with Gasteiger partial charge in [0.25, 0.3) is 0 Å². The molecule has 0 aromatic heterocycles. The molecule has 15 heavy (non-hydrogen) atoms. The molecule has 0 heterocycles. The molecule has 1 aromatic rings. The molecule has 80 valence electrons. The number of hydrogen-bond donors (Lipinski definition) is 0. The second kappa shape index (κ2) is 7.86. The van der Waals surface area contributed by atoms with Gasteiger partial charge in [-0.05, 0) is 31.4 Å². The highest BCUT2D eigenvalue weighted by molar-refractivity contribution is 5.21. The van der Waals surface area contributed by atoms with Crippen LogP contribution < -0.4 is 4.74 Å². The summed E-state index contributed by atoms with van der Waals surface area (Å²) in [4.78, 5) is 0. The molecular formula is C14H18O. The first-order chi connectivity index (χ1) is 7.43. The minimum absolute atomic E-state index is 0.651. The largest absolute Gasteiger partial charge is 0.490 e. The molecule has 1 nitrogen and oxygen atoms in total. The predicted octanol–water partition coefficient (Wildman–Crippen LogP) is 3.98. The van der Waals surface area contributed by atoms with E-state index >= 15 is 0 Å². The Labute approximate surface area is 92.1 Å². The Hall–Kier alpha value is -1.50. The van der Waals surface area contributed by atoms with Crippen LogP contribution in [0, 0.1) is 0 Å². The van der Waals surface area contributed by atoms with Crippen LogP contribution in [-0.2, 0) is 0 Å². The molecule has 0 aliphatic carbocycles. The number of hydrogen-bond acceptors (Lipinski definition) is 1. The van der Waals surface area contributed by atoms with E-state index in [1.165, 1.54) is 6.42 Å². The first kappa shape index (κ1) is 11.6. The zero-order chi connectivity index (χ0) is 10.8. The van der Waals surface area contributed by atoms with Gasteiger partial charge in [0.2, 0.25) is 0 Å². The summed E-state index contributed by atoms with van der Waals surface area (Å²) < 4.78 is 5.51. The molecular weight excluding hydrogens is 184 g/mol. The van der Waals surface area contributed by atoms with Gasteiger partial charge in [-0.1, -0.05) is 36.4 Å². The highest BCUT2D eigenvalue weighted by Gasteiger charge is 1.86. The van der Waals surface area contributed by atoms with Crippen LogP contribution >= 0.6 is 0 Å². The maximum absolute atomic E-state index is 5.51. The minimum atomic E-state index is 0.651. The maximum atomic E-state index is 5.51. The molecule has 0 saturated carbocycles. The fourth-order valence-electron chi connectivity index (χ4n) is 1.23. The summed E-state index contributed by atoms with van der Waals surface area (Å²) in [6.45, 7) is 4.34. The first-order valence-corrected chi connectivity index (χ1v) is 5.37. The Morgan fingerprint density at radius 3 is 2.60 bits per heavy atom. The van der Waals surface area contributed by atoms with E-state index in [-0.39, 0.29) is 0 Å². The third kappa shape index (κ3) is 5.74. The van der Waals surface area contributed by atoms with Crippen LogP contribution in [0.15, 0.2) is 55.1 Å². The van der Waals surface area contributed by atoms with Crippen LogP contribution in [0.25, 0.3) is 0 Å². The standard InChI is InChI=1S/C14H18O/c1-2-3-4-5-6-10-13-15-14-11-8-7-9-12-14/h2,6-12H,1,3-5,13H2/b10-6+. The minimum Gasteiger partial charge on any atom is -0.490 e. The molecule has 0 aliphatic heterocycles. The molecule has 0 radical (unpaired) electrons. The number of unbranched alkanes of at least 4 members (excludes halogenated alkanes) is 2. The van der Waals surface area contributed by atoms with Crippen molar-refractivity contribution in [2.45, 2.75) is 19.3 Å². The number of ether oxygens (including phenoxy) is 1. The van der Waals surface area contributed by atoms with Crippen molar-refractivity contribution >= 4 is 0 Å². The van der Waals surface area contributed by atoms with Crippen LogP contribution in [0.5, 0.6) is 5.75 Å². The summed E-state index contributed by atoms with van der Waals surface area (Å²) >= 11 is 0. The lowest BCUT2D eigenvalue weighted by Crippen LogP contribution is -1.92. The fourth-order valence-corrected chi connectivity index (χ4v) is 1.23. The Morgan fingerprint density at radius 2 is 1.87 bits per heavy atom. The van der Waals surface area contributed by atoms with Crippen LogP contribution in [0.4, 0.5) is 0 Å². The smallest absolute Gasteiger partial charge is 0.119 e. The molecule has 0 atom stereocenters. The average Bonchev–Trinajstić information content (AvgIpc) is 2.29. The second-order valence-electron chi connectivity index (χ2n) is 3.32. The summed E-state index contributed by atoms with van der Waals surface area (Å²) in [6, 6.07) is 9.86. The Balaban J connectivity index is 2.08. The van der Waals surface area contributed by atoms with Gasteiger partial charge in [-0.15, -0.1) is 6.58 Å². The van der Waals surface area contributed by atoms with Gasteiger partial charge in [-0.3, -0.25) is 0 Å². The highest BCUT2D eigenvalue weighted by atomic mass is 16.5. The Bertz CT molecular complexity index is 287. The summed E-state index contributed by atoms with van der Waals surface area (Å²) in [5.74, 6) is 0.924. The second-order valence-corrected chi connectivity index (χ2v) is 3.32. The molecule has 0 fully saturated rings. The van der Waals surface area contributed by atoms with E-state index in [4.69, 9.17) is 4.74 Å². The normalized spacial score (nSPS) is 10.4. The third-order valence-corrected chi connectivity index (χ3v) is 2.04. The van der Waals surface area contributed by atoms with Gasteiger partial charge >= 0.3 is 0 Å². The highest BCUT2D eigenvalue weighted by Crippen LogP contribution is 2.07. The van der Waals surface area contributed by atoms with Crippen LogP contribution in [-0.4, -0.2) is 6.61 Å². The molecule has 1 aromatic carbocycles. The van der Waals surface area contributed by atoms with Gasteiger partial charge in [0, 0.05) is 0 Å². The van der Waals surface area contributed by atoms with E-state index in [0.717, 1.165) is 18.6 Å². The monoisotopic (exact) mass is 202 g/mol. The van der Waals surface area contributed by atoms with Crippen molar-refractivity contribution in [2.75, 3.05) is 6.61 Å². The van der Waals surface area contributed by atoms with Gasteiger partial charge < -0.3 is 4.74 Å². The molecule has 0 saturated heterocycles. The quantitative estimate of drug-likeness (QED) is 0.480. The molecule has 0 bridgehead atoms. The fraction of sp³-hybridized carbons (Fsp3) is 0.286. The molecule has 0 unspecified atom stereocenters. The van der Waals surface area contributed by atoms with Crippen LogP contribution in [0.3, 0.4) is 0 Å². The first-order valence-electron chi connectivity index (χ1n) is 5.37. The van der Waals surface area contributed by atoms with Crippen molar-refractivity contribution < 1.29 is 4.74 Å². The van der Waals surface area contributed by atoms with Gasteiger partial charge in [0.1, 0.15) is 12.4 Å². The summed E-state index contributed by atoms with van der Waals surface area (Å²) in [6.07, 6.45) is 9.54. The van der Waals surface area contributed by atoms with Gasteiger partial charge in [-0.2, -0.15) is 0 Å². The van der Waals surface area contributed by atoms with Crippen LogP contribution in [0.1, 0.15) is 19.3 Å². The topological polar surface area (TPSA) is 9.23 Å². The molecule has 1 rings (SSSR count). The maximum Gasteiger partial charge on any atom is 0.119 e. The van der Waals surface area contributed by atoms with E-state index in [9.17, 15) is 0 Å². The predicted molar refractivity (Wildman–Crippen MR) is 65.1 cm³/mol. The lowest BCUT2D eigenvalue weighted by molar-refractivity contribution is 0.362. The lowest BCUT2D eigenvalue weighted by Gasteiger charge is -2.01. The summed E-state index contributed by atoms with van der Waals surface area (Å²) in [7, 11) is 0. The van der Waals surface area contributed by atoms with Gasteiger partial charge in [0.05, 0.1) is 0 Å². The van der Waals surface area contributed by atoms with Crippen molar-refractivity contribution in [3.05, 3.63) is 55.1 Å². The van der Waals surface area contributed by atoms with Crippen molar-refractivity contribution in [1.29, 1.82) is 0 Å². The van der Waals surface area contributed by atoms with Crippen molar-refractivity contribution in [2.24, 2.45) is 0 Å². The summed E-state index contributed by atoms with van der Waals surface area (Å²) in [5, 5.41) is 0. The zero-order valence-corrected chi connectivity index (χ0v) is 9.06. The van der Waals surface area contributed by atoms with E-state index in [1.54, 1.807) is 0 Å². The van der Waals surface area contributed by atoms with E-state index in [1.807, 2.05) is 36.4 Å². The molecule has 1 heteroatoms. The summed E-state index contributed by atoms with van der Waals surface area (Å²) in [5.41, 5.74) is 0. The SMILES string of the molecule is C=CCCC/C=C/COc1ccccc1. The van der Waals surface area contributed by atoms with Crippen molar-refractivity contribution in [1.82, 2.24) is 0 Å². The van der Waals surface area contributed by atoms with Crippen molar-refractivity contribution in [3.63, 3.8) is 0 Å². The molecule has 0 N–H and O–H groups in total. The number of allylic oxidation sites excluding steroid dienone is 2. The van der Waals surface area contributed by atoms with Crippen LogP contribution in [0.2, 0.25) is 0 Å². The lowest BCUT2D eigenvalue weighted by atomic mass is 10.2. The number of rotatable bonds is 7. The van der Waals surface area contributed by atoms with Gasteiger partial charge in [-0.25, -0.2) is 0 Å². The molecule has 0 amide bonds. The molecule has 0 aliphatic rings. The van der Waals surface area contributed by atoms with E-state index in [0.29, 0.717) is 6.61 Å². The van der Waals surface area contributed by atoms with Crippen molar-refractivity contribution in [3.8, 4) is 5.75 Å². The molecule has 0 spiro atoms. The van der Waals surface area contributed by atoms with E-state index < -0.39 is 0 Å². The average molecular weight is 202 g/mol. The number of para-hydroxylation sites is 1. The third-order valence-electron chi connectivity index (χ3n) is 2.04. The Kier molecular flexibility index (Phi) is 6.07. The number of benzene rings is 1. The van der Waals surface area contributed by atoms with Gasteiger partial charge in [0.15, 0.2) is 0 Å². The zero-order valence-electron chi connectivity index (χ0n) is 9.06. The Morgan fingerprint density at radius 1 is 1.07 bits per heavy atom. The van der Waals surface area contributed by atoms with E-state index in [2.05, 4.69) is 18.7 Å².